The van der Waals surface area contributed by atoms with Crippen molar-refractivity contribution >= 4 is 5.91 Å². The molecule has 0 spiro atoms. The van der Waals surface area contributed by atoms with Crippen LogP contribution in [0.4, 0.5) is 8.78 Å². The fourth-order valence-corrected chi connectivity index (χ4v) is 1.84. The van der Waals surface area contributed by atoms with Crippen LogP contribution in [0.3, 0.4) is 0 Å². The minimum absolute atomic E-state index is 0.0682. The first kappa shape index (κ1) is 16.4. The van der Waals surface area contributed by atoms with Gasteiger partial charge in [0.05, 0.1) is 20.3 Å². The number of amides is 1. The molecule has 0 saturated carbocycles. The maximum atomic E-state index is 12.3. The smallest absolute Gasteiger partial charge is 0.255 e. The summed E-state index contributed by atoms with van der Waals surface area (Å²) in [6, 6.07) is 7.25. The topological polar surface area (TPSA) is 49.8 Å². The van der Waals surface area contributed by atoms with Crippen molar-refractivity contribution in [1.82, 2.24) is 4.90 Å². The Morgan fingerprint density at radius 2 is 2.20 bits per heavy atom. The molecule has 0 heterocycles. The Balaban J connectivity index is 2.55. The monoisotopic (exact) mass is 287 g/mol. The van der Waals surface area contributed by atoms with Gasteiger partial charge in [-0.15, -0.1) is 0 Å². The van der Waals surface area contributed by atoms with Crippen molar-refractivity contribution in [3.05, 3.63) is 29.8 Å². The number of alkyl halides is 2. The third-order valence-corrected chi connectivity index (χ3v) is 2.84. The summed E-state index contributed by atoms with van der Waals surface area (Å²) < 4.78 is 29.7. The molecule has 0 unspecified atom stereocenters. The average Bonchev–Trinajstić information content (AvgIpc) is 2.44. The Kier molecular flexibility index (Phi) is 6.93. The van der Waals surface area contributed by atoms with Gasteiger partial charge in [0.15, 0.2) is 0 Å². The number of methoxy groups -OCH3 is 1. The van der Waals surface area contributed by atoms with Crippen molar-refractivity contribution in [3.63, 3.8) is 0 Å². The quantitative estimate of drug-likeness (QED) is 0.792. The first-order valence-electron chi connectivity index (χ1n) is 6.36. The van der Waals surface area contributed by atoms with Gasteiger partial charge in [0, 0.05) is 13.0 Å². The fraction of sp³-hybridized carbons (Fsp3) is 0.500. The van der Waals surface area contributed by atoms with Gasteiger partial charge in [0.2, 0.25) is 5.91 Å². The van der Waals surface area contributed by atoms with E-state index in [4.69, 9.17) is 9.84 Å². The molecule has 20 heavy (non-hydrogen) atoms. The minimum atomic E-state index is -2.60. The van der Waals surface area contributed by atoms with Crippen LogP contribution in [0.5, 0.6) is 5.75 Å². The van der Waals surface area contributed by atoms with Crippen molar-refractivity contribution in [2.75, 3.05) is 26.8 Å². The first-order chi connectivity index (χ1) is 9.56. The fourth-order valence-electron chi connectivity index (χ4n) is 1.84. The predicted octanol–water partition coefficient (Wildman–Crippen LogP) is 1.71. The number of aliphatic hydroxyl groups excluding tert-OH is 1. The number of rotatable bonds is 8. The molecule has 0 fully saturated rings. The van der Waals surface area contributed by atoms with Crippen molar-refractivity contribution < 1.29 is 23.4 Å². The van der Waals surface area contributed by atoms with Crippen LogP contribution in [0.2, 0.25) is 0 Å². The summed E-state index contributed by atoms with van der Waals surface area (Å²) >= 11 is 0. The van der Waals surface area contributed by atoms with Gasteiger partial charge in [0.25, 0.3) is 6.43 Å². The van der Waals surface area contributed by atoms with E-state index in [1.54, 1.807) is 19.2 Å². The van der Waals surface area contributed by atoms with E-state index in [1.165, 1.54) is 0 Å². The summed E-state index contributed by atoms with van der Waals surface area (Å²) in [5.41, 5.74) is 0.902. The Bertz CT molecular complexity index is 427. The molecule has 0 aliphatic rings. The minimum Gasteiger partial charge on any atom is -0.497 e. The highest BCUT2D eigenvalue weighted by Crippen LogP contribution is 2.14. The van der Waals surface area contributed by atoms with Gasteiger partial charge in [-0.1, -0.05) is 12.1 Å². The van der Waals surface area contributed by atoms with E-state index in [1.807, 2.05) is 12.1 Å². The second-order valence-electron chi connectivity index (χ2n) is 4.31. The maximum Gasteiger partial charge on any atom is 0.255 e. The van der Waals surface area contributed by atoms with E-state index in [2.05, 4.69) is 0 Å². The van der Waals surface area contributed by atoms with Crippen molar-refractivity contribution in [1.29, 1.82) is 0 Å². The lowest BCUT2D eigenvalue weighted by Gasteiger charge is -2.21. The molecule has 112 valence electrons. The average molecular weight is 287 g/mol. The molecule has 1 aromatic carbocycles. The summed E-state index contributed by atoms with van der Waals surface area (Å²) in [5, 5.41) is 8.80. The normalized spacial score (nSPS) is 10.7. The standard InChI is InChI=1S/C14H19F2NO3/c1-20-12-4-2-3-11(9-12)5-6-14(19)17(7-8-18)10-13(15)16/h2-4,9,13,18H,5-8,10H2,1H3. The summed E-state index contributed by atoms with van der Waals surface area (Å²) in [4.78, 5) is 12.8. The van der Waals surface area contributed by atoms with Gasteiger partial charge in [-0.25, -0.2) is 8.78 Å². The molecule has 0 aromatic heterocycles. The summed E-state index contributed by atoms with van der Waals surface area (Å²) in [5.74, 6) is 0.303. The molecular formula is C14H19F2NO3. The molecule has 0 saturated heterocycles. The summed E-state index contributed by atoms with van der Waals surface area (Å²) in [6.07, 6.45) is -2.02. The van der Waals surface area contributed by atoms with Gasteiger partial charge in [-0.05, 0) is 24.1 Å². The first-order valence-corrected chi connectivity index (χ1v) is 6.36. The Morgan fingerprint density at radius 1 is 1.45 bits per heavy atom. The van der Waals surface area contributed by atoms with Crippen LogP contribution in [0.1, 0.15) is 12.0 Å². The van der Waals surface area contributed by atoms with Crippen LogP contribution in [0.15, 0.2) is 24.3 Å². The maximum absolute atomic E-state index is 12.3. The van der Waals surface area contributed by atoms with E-state index in [0.29, 0.717) is 12.2 Å². The van der Waals surface area contributed by atoms with Crippen LogP contribution in [0.25, 0.3) is 0 Å². The second-order valence-corrected chi connectivity index (χ2v) is 4.31. The van der Waals surface area contributed by atoms with E-state index in [-0.39, 0.29) is 25.5 Å². The lowest BCUT2D eigenvalue weighted by atomic mass is 10.1. The SMILES string of the molecule is COc1cccc(CCC(=O)N(CCO)CC(F)F)c1. The summed E-state index contributed by atoms with van der Waals surface area (Å²) in [6.45, 7) is -1.03. The number of carbonyl (C=O) groups is 1. The molecule has 0 aliphatic heterocycles. The predicted molar refractivity (Wildman–Crippen MR) is 71.0 cm³/mol. The Hall–Kier alpha value is -1.69. The largest absolute Gasteiger partial charge is 0.497 e. The second kappa shape index (κ2) is 8.47. The molecule has 4 nitrogen and oxygen atoms in total. The van der Waals surface area contributed by atoms with Crippen LogP contribution in [-0.2, 0) is 11.2 Å². The highest BCUT2D eigenvalue weighted by molar-refractivity contribution is 5.76. The summed E-state index contributed by atoms with van der Waals surface area (Å²) in [7, 11) is 1.55. The van der Waals surface area contributed by atoms with Crippen LogP contribution in [-0.4, -0.2) is 49.1 Å². The lowest BCUT2D eigenvalue weighted by molar-refractivity contribution is -0.133. The van der Waals surface area contributed by atoms with Gasteiger partial charge < -0.3 is 14.7 Å². The van der Waals surface area contributed by atoms with Gasteiger partial charge in [0.1, 0.15) is 5.75 Å². The Morgan fingerprint density at radius 3 is 2.80 bits per heavy atom. The zero-order valence-electron chi connectivity index (χ0n) is 11.4. The van der Waals surface area contributed by atoms with E-state index in [0.717, 1.165) is 10.5 Å². The van der Waals surface area contributed by atoms with Crippen molar-refractivity contribution in [3.8, 4) is 5.75 Å². The van der Waals surface area contributed by atoms with Crippen LogP contribution in [0, 0.1) is 0 Å². The van der Waals surface area contributed by atoms with Crippen molar-refractivity contribution in [2.45, 2.75) is 19.3 Å². The zero-order valence-corrected chi connectivity index (χ0v) is 11.4. The molecule has 1 rings (SSSR count). The number of halogens is 2. The van der Waals surface area contributed by atoms with Crippen molar-refractivity contribution in [2.24, 2.45) is 0 Å². The number of carbonyl (C=O) groups excluding carboxylic acids is 1. The molecule has 0 radical (unpaired) electrons. The molecule has 1 amide bonds. The molecular weight excluding hydrogens is 268 g/mol. The molecule has 6 heteroatoms. The highest BCUT2D eigenvalue weighted by atomic mass is 19.3. The van der Waals surface area contributed by atoms with E-state index >= 15 is 0 Å². The number of aliphatic hydroxyl groups is 1. The number of nitrogens with zero attached hydrogens (tertiary/aromatic N) is 1. The Labute approximate surface area is 117 Å². The number of benzene rings is 1. The number of hydrogen-bond acceptors (Lipinski definition) is 3. The molecule has 0 aliphatic carbocycles. The van der Waals surface area contributed by atoms with E-state index in [9.17, 15) is 13.6 Å². The third-order valence-electron chi connectivity index (χ3n) is 2.84. The van der Waals surface area contributed by atoms with Crippen LogP contribution < -0.4 is 4.74 Å². The number of aryl methyl sites for hydroxylation is 1. The van der Waals surface area contributed by atoms with Gasteiger partial charge in [-0.3, -0.25) is 4.79 Å². The molecule has 1 aromatic rings. The van der Waals surface area contributed by atoms with Gasteiger partial charge >= 0.3 is 0 Å². The number of ether oxygens (including phenoxy) is 1. The molecule has 1 N–H and O–H groups in total. The molecule has 0 bridgehead atoms. The highest BCUT2D eigenvalue weighted by Gasteiger charge is 2.17. The van der Waals surface area contributed by atoms with Crippen LogP contribution >= 0.6 is 0 Å². The third kappa shape index (κ3) is 5.52. The molecule has 0 atom stereocenters. The lowest BCUT2D eigenvalue weighted by Crippen LogP contribution is -2.37. The number of hydrogen-bond donors (Lipinski definition) is 1. The zero-order chi connectivity index (χ0) is 15.0. The van der Waals surface area contributed by atoms with Gasteiger partial charge in [-0.2, -0.15) is 0 Å². The van der Waals surface area contributed by atoms with E-state index < -0.39 is 13.0 Å².